The molecule has 0 N–H and O–H groups in total. The van der Waals surface area contributed by atoms with Crippen LogP contribution < -0.4 is 4.74 Å². The van der Waals surface area contributed by atoms with E-state index in [2.05, 4.69) is 21.6 Å². The molecule has 0 saturated carbocycles. The number of unbranched alkanes of at least 4 members (excludes halogenated alkanes) is 11. The molecule has 0 saturated heterocycles. The van der Waals surface area contributed by atoms with Crippen molar-refractivity contribution in [3.05, 3.63) is 77.4 Å². The summed E-state index contributed by atoms with van der Waals surface area (Å²) >= 11 is 0. The van der Waals surface area contributed by atoms with Gasteiger partial charge in [0.05, 0.1) is 11.1 Å². The molecule has 1 unspecified atom stereocenters. The van der Waals surface area contributed by atoms with E-state index in [4.69, 9.17) is 4.74 Å². The number of hydrogen-bond donors (Lipinski definition) is 0. The molecule has 2 aromatic carbocycles. The van der Waals surface area contributed by atoms with Gasteiger partial charge in [-0.2, -0.15) is 13.2 Å². The minimum atomic E-state index is -4.74. The number of aryl methyl sites for hydroxylation is 1. The van der Waals surface area contributed by atoms with Gasteiger partial charge in [0.2, 0.25) is 0 Å². The van der Waals surface area contributed by atoms with Gasteiger partial charge in [-0.15, -0.1) is 0 Å². The Bertz CT molecular complexity index is 1380. The molecule has 47 heavy (non-hydrogen) atoms. The summed E-state index contributed by atoms with van der Waals surface area (Å²) in [6.07, 6.45) is 11.0. The van der Waals surface area contributed by atoms with Gasteiger partial charge in [0.1, 0.15) is 0 Å². The number of benzene rings is 2. The highest BCUT2D eigenvalue weighted by Gasteiger charge is 2.42. The zero-order chi connectivity index (χ0) is 34.1. The van der Waals surface area contributed by atoms with Crippen molar-refractivity contribution in [2.75, 3.05) is 0 Å². The van der Waals surface area contributed by atoms with Crippen LogP contribution in [-0.4, -0.2) is 34.2 Å². The number of carbonyl (C=O) groups is 2. The van der Waals surface area contributed by atoms with Crippen molar-refractivity contribution in [3.8, 4) is 17.1 Å². The fraction of sp³-hybridized carbons (Fsp3) is 0.514. The average molecular weight is 659 g/mol. The van der Waals surface area contributed by atoms with E-state index in [1.807, 2.05) is 19.3 Å². The first-order chi connectivity index (χ1) is 22.6. The van der Waals surface area contributed by atoms with Gasteiger partial charge in [0.25, 0.3) is 0 Å². The summed E-state index contributed by atoms with van der Waals surface area (Å²) in [4.78, 5) is 34.0. The molecule has 1 aromatic heterocycles. The van der Waals surface area contributed by atoms with Crippen molar-refractivity contribution in [2.45, 2.75) is 122 Å². The number of hydrogen-bond acceptors (Lipinski definition) is 6. The molecule has 0 aliphatic heterocycles. The zero-order valence-electron chi connectivity index (χ0n) is 27.4. The number of aromatic nitrogens is 2. The van der Waals surface area contributed by atoms with E-state index in [1.165, 1.54) is 63.5 Å². The first kappa shape index (κ1) is 37.6. The van der Waals surface area contributed by atoms with Gasteiger partial charge < -0.3 is 9.47 Å². The lowest BCUT2D eigenvalue weighted by Gasteiger charge is -2.20. The summed E-state index contributed by atoms with van der Waals surface area (Å²) in [7, 11) is 0. The van der Waals surface area contributed by atoms with E-state index >= 15 is 0 Å². The minimum absolute atomic E-state index is 0.134. The number of ether oxygens (including phenoxy) is 2. The summed E-state index contributed by atoms with van der Waals surface area (Å²) in [5.41, 5.74) is 1.47. The molecule has 3 rings (SSSR count). The van der Waals surface area contributed by atoms with Crippen LogP contribution in [-0.2, 0) is 11.2 Å². The first-order valence-corrected chi connectivity index (χ1v) is 16.8. The number of rotatable bonds is 20. The maximum Gasteiger partial charge on any atom is 0.425 e. The van der Waals surface area contributed by atoms with Gasteiger partial charge in [-0.25, -0.2) is 23.9 Å². The summed E-state index contributed by atoms with van der Waals surface area (Å²) < 4.78 is 64.7. The number of carbonyl (C=O) groups excluding carboxylic acids is 2. The van der Waals surface area contributed by atoms with Crippen LogP contribution in [0.3, 0.4) is 0 Å². The number of esters is 2. The van der Waals surface area contributed by atoms with E-state index in [-0.39, 0.29) is 18.4 Å². The Morgan fingerprint density at radius 1 is 0.723 bits per heavy atom. The quantitative estimate of drug-likeness (QED) is 0.0520. The number of alkyl halides is 3. The van der Waals surface area contributed by atoms with E-state index in [1.54, 1.807) is 12.1 Å². The number of nitrogens with zero attached hydrogens (tertiary/aromatic N) is 2. The smallest absolute Gasteiger partial charge is 0.425 e. The van der Waals surface area contributed by atoms with Crippen molar-refractivity contribution in [1.82, 2.24) is 9.97 Å². The Kier molecular flexibility index (Phi) is 15.8. The van der Waals surface area contributed by atoms with Gasteiger partial charge in [-0.1, -0.05) is 96.6 Å². The van der Waals surface area contributed by atoms with Crippen LogP contribution in [0.1, 0.15) is 130 Å². The minimum Gasteiger partial charge on any atom is -0.449 e. The molecule has 0 spiro atoms. The normalized spacial score (nSPS) is 12.1. The third kappa shape index (κ3) is 13.1. The summed E-state index contributed by atoms with van der Waals surface area (Å²) in [5.74, 6) is -3.23. The lowest BCUT2D eigenvalue weighted by atomic mass is 10.1. The molecule has 1 heterocycles. The van der Waals surface area contributed by atoms with E-state index in [0.29, 0.717) is 23.9 Å². The molecule has 1 atom stereocenters. The number of halogens is 4. The monoisotopic (exact) mass is 658 g/mol. The second kappa shape index (κ2) is 19.8. The first-order valence-electron chi connectivity index (χ1n) is 16.8. The topological polar surface area (TPSA) is 78.4 Å². The van der Waals surface area contributed by atoms with Crippen LogP contribution in [0.2, 0.25) is 0 Å². The predicted octanol–water partition coefficient (Wildman–Crippen LogP) is 10.6. The Morgan fingerprint density at radius 2 is 1.28 bits per heavy atom. The molecule has 0 radical (unpaired) electrons. The third-order valence-electron chi connectivity index (χ3n) is 7.96. The third-order valence-corrected chi connectivity index (χ3v) is 7.96. The van der Waals surface area contributed by atoms with Crippen molar-refractivity contribution in [3.63, 3.8) is 0 Å². The molecule has 0 amide bonds. The second-order valence-electron chi connectivity index (χ2n) is 11.9. The molecule has 3 aromatic rings. The fourth-order valence-electron chi connectivity index (χ4n) is 5.14. The van der Waals surface area contributed by atoms with Gasteiger partial charge in [-0.05, 0) is 61.6 Å². The predicted molar refractivity (Wildman–Crippen MR) is 174 cm³/mol. The highest BCUT2D eigenvalue weighted by molar-refractivity contribution is 5.92. The van der Waals surface area contributed by atoms with Gasteiger partial charge in [0, 0.05) is 18.0 Å². The lowest BCUT2D eigenvalue weighted by Crippen LogP contribution is -2.33. The maximum absolute atomic E-state index is 14.7. The van der Waals surface area contributed by atoms with Crippen LogP contribution in [0.15, 0.2) is 54.9 Å². The van der Waals surface area contributed by atoms with Crippen LogP contribution in [0.25, 0.3) is 11.4 Å². The van der Waals surface area contributed by atoms with Crippen LogP contribution in [0, 0.1) is 5.82 Å². The van der Waals surface area contributed by atoms with Crippen LogP contribution >= 0.6 is 0 Å². The molecule has 0 aliphatic rings. The Balaban J connectivity index is 1.49. The van der Waals surface area contributed by atoms with E-state index in [0.717, 1.165) is 43.4 Å². The summed E-state index contributed by atoms with van der Waals surface area (Å²) in [6, 6.07) is 9.05. The van der Waals surface area contributed by atoms with Gasteiger partial charge in [-0.3, -0.25) is 0 Å². The van der Waals surface area contributed by atoms with Crippen molar-refractivity contribution in [2.24, 2.45) is 0 Å². The molecule has 0 aliphatic carbocycles. The molecular weight excluding hydrogens is 612 g/mol. The summed E-state index contributed by atoms with van der Waals surface area (Å²) in [6.45, 7) is 4.16. The average Bonchev–Trinajstić information content (AvgIpc) is 3.06. The zero-order valence-corrected chi connectivity index (χ0v) is 27.4. The van der Waals surface area contributed by atoms with Gasteiger partial charge >= 0.3 is 18.1 Å². The molecule has 256 valence electrons. The standard InChI is InChI=1S/C37H46F4N2O4/c1-3-5-7-9-10-11-12-13-14-16-27-25-42-34(43-26-27)28-18-20-29(21-19-28)35(44)46-32-23-22-30(24-31(32)38)36(45)47-33(37(39,40)41)17-15-8-6-4-2/h18-26,33H,3-17H2,1-2H3. The second-order valence-corrected chi connectivity index (χ2v) is 11.9. The fourth-order valence-corrected chi connectivity index (χ4v) is 5.14. The SMILES string of the molecule is CCCCCCCCCCCc1cnc(-c2ccc(C(=O)Oc3ccc(C(=O)OC(CCCCCC)C(F)(F)F)cc3F)cc2)nc1. The molecule has 10 heteroatoms. The van der Waals surface area contributed by atoms with Gasteiger partial charge in [0.15, 0.2) is 23.5 Å². The maximum atomic E-state index is 14.7. The molecule has 6 nitrogen and oxygen atoms in total. The Morgan fingerprint density at radius 3 is 1.85 bits per heavy atom. The van der Waals surface area contributed by atoms with Crippen LogP contribution in [0.4, 0.5) is 17.6 Å². The van der Waals surface area contributed by atoms with Crippen molar-refractivity contribution in [1.29, 1.82) is 0 Å². The molecule has 0 bridgehead atoms. The Labute approximate surface area is 275 Å². The van der Waals surface area contributed by atoms with Crippen LogP contribution in [0.5, 0.6) is 5.75 Å². The largest absolute Gasteiger partial charge is 0.449 e. The van der Waals surface area contributed by atoms with E-state index < -0.39 is 41.3 Å². The van der Waals surface area contributed by atoms with Crippen molar-refractivity contribution < 1.29 is 36.6 Å². The molecular formula is C37H46F4N2O4. The lowest BCUT2D eigenvalue weighted by molar-refractivity contribution is -0.206. The van der Waals surface area contributed by atoms with E-state index in [9.17, 15) is 27.2 Å². The molecule has 0 fully saturated rings. The van der Waals surface area contributed by atoms with Crippen molar-refractivity contribution >= 4 is 11.9 Å². The summed E-state index contributed by atoms with van der Waals surface area (Å²) in [5, 5.41) is 0. The Hall–Kier alpha value is -3.82. The highest BCUT2D eigenvalue weighted by atomic mass is 19.4. The highest BCUT2D eigenvalue weighted by Crippen LogP contribution is 2.29.